The number of aliphatic hydroxyl groups is 1. The van der Waals surface area contributed by atoms with Crippen LogP contribution in [0.25, 0.3) is 11.2 Å². The van der Waals surface area contributed by atoms with Crippen LogP contribution in [0.15, 0.2) is 23.5 Å². The van der Waals surface area contributed by atoms with E-state index in [0.29, 0.717) is 23.5 Å². The third-order valence-electron chi connectivity index (χ3n) is 7.31. The molecule has 14 heteroatoms. The molecule has 2 aromatic heterocycles. The number of rotatable bonds is 8. The predicted octanol–water partition coefficient (Wildman–Crippen LogP) is 3.79. The van der Waals surface area contributed by atoms with Crippen LogP contribution in [0.2, 0.25) is 0 Å². The molecule has 5 rings (SSSR count). The second-order valence-corrected chi connectivity index (χ2v) is 10.1. The number of hydrogen-bond donors (Lipinski definition) is 2. The average molecular weight is 543 g/mol. The van der Waals surface area contributed by atoms with Crippen LogP contribution >= 0.6 is 0 Å². The van der Waals surface area contributed by atoms with Gasteiger partial charge in [0.15, 0.2) is 17.4 Å². The molecule has 208 valence electrons. The molecule has 1 saturated carbocycles. The summed E-state index contributed by atoms with van der Waals surface area (Å²) in [6.07, 6.45) is 2.49. The number of halogens is 4. The smallest absolute Gasteiger partial charge is 0.388 e. The molecule has 0 aromatic carbocycles. The third-order valence-corrected chi connectivity index (χ3v) is 7.31. The number of anilines is 1. The molecule has 6 atom stereocenters. The number of nitrogens with one attached hydrogen (secondary N) is 1. The fourth-order valence-corrected chi connectivity index (χ4v) is 4.99. The number of nitrogens with zero attached hydrogens (tertiary/aromatic N) is 5. The highest BCUT2D eigenvalue weighted by Gasteiger charge is 2.42. The maximum absolute atomic E-state index is 13.7. The van der Waals surface area contributed by atoms with Gasteiger partial charge in [-0.2, -0.15) is 13.8 Å². The van der Waals surface area contributed by atoms with Crippen LogP contribution in [0.1, 0.15) is 39.3 Å². The summed E-state index contributed by atoms with van der Waals surface area (Å²) in [6, 6.07) is 0. The van der Waals surface area contributed by atoms with Crippen molar-refractivity contribution in [2.24, 2.45) is 22.7 Å². The first-order valence-corrected chi connectivity index (χ1v) is 12.6. The number of aliphatic imine (C=N–C) groups is 1. The lowest BCUT2D eigenvalue weighted by Crippen LogP contribution is -2.26. The second kappa shape index (κ2) is 10.6. The number of hydrogen-bond acceptors (Lipinski definition) is 9. The van der Waals surface area contributed by atoms with Crippen LogP contribution in [0.3, 0.4) is 0 Å². The Morgan fingerprint density at radius 3 is 2.74 bits per heavy atom. The number of aliphatic hydroxyl groups excluding tert-OH is 1. The number of fused-ring (bicyclic) bond motifs is 1. The molecule has 1 saturated heterocycles. The molecule has 38 heavy (non-hydrogen) atoms. The highest BCUT2D eigenvalue weighted by Crippen LogP contribution is 2.40. The number of aromatic nitrogens is 4. The van der Waals surface area contributed by atoms with Crippen LogP contribution in [-0.2, 0) is 9.47 Å². The summed E-state index contributed by atoms with van der Waals surface area (Å²) >= 11 is 0. The third kappa shape index (κ3) is 5.55. The maximum Gasteiger partial charge on any atom is 0.388 e. The second-order valence-electron chi connectivity index (χ2n) is 10.1. The molecule has 2 N–H and O–H groups in total. The van der Waals surface area contributed by atoms with Gasteiger partial charge in [0.2, 0.25) is 23.6 Å². The van der Waals surface area contributed by atoms with Gasteiger partial charge in [0, 0.05) is 31.2 Å². The first kappa shape index (κ1) is 26.6. The fraction of sp³-hybridized carbons (Fsp3) is 0.667. The summed E-state index contributed by atoms with van der Waals surface area (Å²) < 4.78 is 70.1. The van der Waals surface area contributed by atoms with Crippen molar-refractivity contribution in [2.75, 3.05) is 25.0 Å². The summed E-state index contributed by atoms with van der Waals surface area (Å²) in [5, 5.41) is 14.1. The van der Waals surface area contributed by atoms with Crippen molar-refractivity contribution in [1.29, 1.82) is 0 Å². The molecule has 4 heterocycles. The molecule has 2 aromatic rings. The van der Waals surface area contributed by atoms with Crippen LogP contribution < -0.4 is 10.1 Å². The molecule has 2 unspecified atom stereocenters. The fourth-order valence-electron chi connectivity index (χ4n) is 4.99. The van der Waals surface area contributed by atoms with E-state index in [4.69, 9.17) is 9.47 Å². The van der Waals surface area contributed by atoms with E-state index in [1.54, 1.807) is 10.6 Å². The molecule has 2 aliphatic heterocycles. The minimum atomic E-state index is -2.95. The quantitative estimate of drug-likeness (QED) is 0.484. The van der Waals surface area contributed by atoms with Crippen molar-refractivity contribution >= 4 is 23.0 Å². The van der Waals surface area contributed by atoms with Crippen molar-refractivity contribution in [2.45, 2.75) is 64.1 Å². The molecular formula is C24H30F4N6O4. The lowest BCUT2D eigenvalue weighted by Gasteiger charge is -2.21. The first-order chi connectivity index (χ1) is 18.1. The Balaban J connectivity index is 1.37. The number of dihydropyridines is 1. The van der Waals surface area contributed by atoms with Crippen LogP contribution in [0, 0.1) is 17.8 Å². The lowest BCUT2D eigenvalue weighted by atomic mass is 10.0. The first-order valence-electron chi connectivity index (χ1n) is 12.6. The summed E-state index contributed by atoms with van der Waals surface area (Å²) in [7, 11) is 0. The zero-order valence-corrected chi connectivity index (χ0v) is 20.9. The largest absolute Gasteiger partial charge is 0.475 e. The Morgan fingerprint density at radius 2 is 2.11 bits per heavy atom. The van der Waals surface area contributed by atoms with Crippen LogP contribution in [0.5, 0.6) is 5.88 Å². The monoisotopic (exact) mass is 542 g/mol. The van der Waals surface area contributed by atoms with Gasteiger partial charge in [-0.3, -0.25) is 9.56 Å². The molecule has 0 amide bonds. The standard InChI is InChI=1S/C24H30F4N6O4/c1-12-13(2)37-21(18(12)35)34-19-17(33-23(34)30-8-14-5-6-24(27,28)7-14)20(32-11-31-19)36-10-15-3-4-16(29-9-15)38-22(25)26/h3-4,11-15,18,21-22,35H,5-10H2,1-2H3,(H,30,33)/t12-,13-,14?,15?,18-,21-/m1/s1. The predicted molar refractivity (Wildman–Crippen MR) is 128 cm³/mol. The van der Waals surface area contributed by atoms with E-state index in [1.807, 2.05) is 13.8 Å². The molecule has 0 bridgehead atoms. The highest BCUT2D eigenvalue weighted by atomic mass is 19.3. The van der Waals surface area contributed by atoms with E-state index in [0.717, 1.165) is 0 Å². The van der Waals surface area contributed by atoms with Crippen molar-refractivity contribution in [3.63, 3.8) is 0 Å². The van der Waals surface area contributed by atoms with E-state index in [9.17, 15) is 22.7 Å². The Morgan fingerprint density at radius 1 is 1.29 bits per heavy atom. The number of imidazole rings is 1. The maximum atomic E-state index is 13.7. The summed E-state index contributed by atoms with van der Waals surface area (Å²) in [5.41, 5.74) is 0.657. The van der Waals surface area contributed by atoms with E-state index in [-0.39, 0.29) is 68.2 Å². The Kier molecular flexibility index (Phi) is 7.45. The van der Waals surface area contributed by atoms with Crippen molar-refractivity contribution in [3.8, 4) is 5.88 Å². The Bertz CT molecular complexity index is 1210. The highest BCUT2D eigenvalue weighted by molar-refractivity contribution is 5.88. The van der Waals surface area contributed by atoms with Gasteiger partial charge in [-0.15, -0.1) is 0 Å². The molecule has 1 aliphatic carbocycles. The van der Waals surface area contributed by atoms with Crippen LogP contribution in [-0.4, -0.2) is 75.0 Å². The van der Waals surface area contributed by atoms with E-state index >= 15 is 0 Å². The van der Waals surface area contributed by atoms with Gasteiger partial charge in [-0.1, -0.05) is 13.0 Å². The van der Waals surface area contributed by atoms with Gasteiger partial charge >= 0.3 is 6.61 Å². The van der Waals surface area contributed by atoms with E-state index in [1.165, 1.54) is 12.4 Å². The summed E-state index contributed by atoms with van der Waals surface area (Å²) in [5.74, 6) is -2.94. The van der Waals surface area contributed by atoms with Crippen molar-refractivity contribution < 1.29 is 36.9 Å². The van der Waals surface area contributed by atoms with Gasteiger partial charge in [0.05, 0.1) is 19.3 Å². The number of ether oxygens (including phenoxy) is 3. The minimum absolute atomic E-state index is 0.136. The molecule has 3 aliphatic rings. The van der Waals surface area contributed by atoms with Crippen LogP contribution in [0.4, 0.5) is 23.5 Å². The zero-order chi connectivity index (χ0) is 27.0. The normalized spacial score (nSPS) is 30.7. The number of alkyl halides is 4. The Labute approximate surface area is 216 Å². The van der Waals surface area contributed by atoms with Gasteiger partial charge in [0.1, 0.15) is 12.4 Å². The summed E-state index contributed by atoms with van der Waals surface area (Å²) in [4.78, 5) is 17.2. The lowest BCUT2D eigenvalue weighted by molar-refractivity contribution is -0.0597. The van der Waals surface area contributed by atoms with E-state index in [2.05, 4.69) is 30.0 Å². The topological polar surface area (TPSA) is 116 Å². The average Bonchev–Trinajstić information content (AvgIpc) is 3.50. The molecule has 2 fully saturated rings. The minimum Gasteiger partial charge on any atom is -0.475 e. The zero-order valence-electron chi connectivity index (χ0n) is 20.9. The van der Waals surface area contributed by atoms with Gasteiger partial charge in [0.25, 0.3) is 0 Å². The van der Waals surface area contributed by atoms with Gasteiger partial charge < -0.3 is 24.6 Å². The van der Waals surface area contributed by atoms with Gasteiger partial charge in [-0.25, -0.2) is 18.7 Å². The molecule has 0 radical (unpaired) electrons. The molecule has 10 nitrogen and oxygen atoms in total. The van der Waals surface area contributed by atoms with E-state index < -0.39 is 24.9 Å². The SMILES string of the molecule is C[C@H]1[C@@H](O)[C@H](n2c(NCC3CCC(F)(F)C3)nc3c(OCC4C=CC(OC(F)F)=NC4)ncnc32)O[C@@H]1C. The molecule has 0 spiro atoms. The van der Waals surface area contributed by atoms with Gasteiger partial charge in [-0.05, 0) is 25.3 Å². The Hall–Kier alpha value is -3.00. The van der Waals surface area contributed by atoms with Crippen molar-refractivity contribution in [1.82, 2.24) is 19.5 Å². The van der Waals surface area contributed by atoms with Crippen molar-refractivity contribution in [3.05, 3.63) is 18.5 Å². The summed E-state index contributed by atoms with van der Waals surface area (Å²) in [6.45, 7) is 1.39. The molecular weight excluding hydrogens is 512 g/mol.